The Kier molecular flexibility index (Phi) is 5.78. The van der Waals surface area contributed by atoms with Crippen molar-refractivity contribution in [3.05, 3.63) is 23.3 Å². The van der Waals surface area contributed by atoms with Crippen LogP contribution in [0.5, 0.6) is 0 Å². The van der Waals surface area contributed by atoms with Crippen LogP contribution in [0.2, 0.25) is 0 Å². The largest absolute Gasteiger partial charge is 0.193 e. The number of nitrogens with zero attached hydrogens (tertiary/aromatic N) is 1. The first-order chi connectivity index (χ1) is 13.8. The molecule has 1 nitrogen and oxygen atoms in total. The maximum absolute atomic E-state index is 9.38. The van der Waals surface area contributed by atoms with Crippen molar-refractivity contribution in [2.45, 2.75) is 98.8 Å². The molecule has 0 aromatic heterocycles. The van der Waals surface area contributed by atoms with E-state index in [1.54, 1.807) is 0 Å². The molecule has 0 bridgehead atoms. The zero-order valence-electron chi connectivity index (χ0n) is 19.6. The van der Waals surface area contributed by atoms with E-state index in [0.29, 0.717) is 10.8 Å². The quantitative estimate of drug-likeness (QED) is 0.463. The summed E-state index contributed by atoms with van der Waals surface area (Å²) in [6.45, 7) is 12.5. The Morgan fingerprint density at radius 3 is 2.59 bits per heavy atom. The first-order valence-corrected chi connectivity index (χ1v) is 12.6. The lowest BCUT2D eigenvalue weighted by Crippen LogP contribution is -2.49. The van der Waals surface area contributed by atoms with Crippen molar-refractivity contribution >= 4 is 0 Å². The monoisotopic (exact) mass is 393 g/mol. The molecule has 0 spiro atoms. The van der Waals surface area contributed by atoms with Gasteiger partial charge in [0.25, 0.3) is 0 Å². The molecule has 0 aliphatic heterocycles. The lowest BCUT2D eigenvalue weighted by molar-refractivity contribution is -0.0453. The molecule has 4 aliphatic rings. The fourth-order valence-electron chi connectivity index (χ4n) is 8.44. The van der Waals surface area contributed by atoms with Crippen molar-refractivity contribution in [1.82, 2.24) is 0 Å². The molecule has 0 radical (unpaired) electrons. The summed E-state index contributed by atoms with van der Waals surface area (Å²) in [6, 6.07) is 2.43. The van der Waals surface area contributed by atoms with Crippen molar-refractivity contribution in [3.8, 4) is 6.07 Å². The van der Waals surface area contributed by atoms with Crippen LogP contribution < -0.4 is 0 Å². The van der Waals surface area contributed by atoms with E-state index >= 15 is 0 Å². The van der Waals surface area contributed by atoms with Gasteiger partial charge in [-0.3, -0.25) is 0 Å². The van der Waals surface area contributed by atoms with Crippen LogP contribution in [0.3, 0.4) is 0 Å². The second-order valence-electron chi connectivity index (χ2n) is 12.0. The molecule has 1 heteroatoms. The van der Waals surface area contributed by atoms with Crippen LogP contribution in [0.15, 0.2) is 23.3 Å². The van der Waals surface area contributed by atoms with Gasteiger partial charge in [-0.15, -0.1) is 0 Å². The fraction of sp³-hybridized carbons (Fsp3) is 0.821. The maximum atomic E-state index is 9.38. The van der Waals surface area contributed by atoms with Gasteiger partial charge in [0.2, 0.25) is 0 Å². The van der Waals surface area contributed by atoms with Gasteiger partial charge in [-0.1, -0.05) is 60.0 Å². The van der Waals surface area contributed by atoms with Gasteiger partial charge in [0.15, 0.2) is 0 Å². The van der Waals surface area contributed by atoms with Crippen LogP contribution in [-0.4, -0.2) is 0 Å². The molecule has 4 rings (SSSR count). The van der Waals surface area contributed by atoms with E-state index in [1.165, 1.54) is 63.4 Å². The molecule has 160 valence electrons. The predicted octanol–water partition coefficient (Wildman–Crippen LogP) is 8.09. The minimum Gasteiger partial charge on any atom is -0.193 e. The second kappa shape index (κ2) is 7.90. The van der Waals surface area contributed by atoms with Crippen molar-refractivity contribution in [3.63, 3.8) is 0 Å². The first-order valence-electron chi connectivity index (χ1n) is 12.6. The average Bonchev–Trinajstić information content (AvgIpc) is 3.04. The van der Waals surface area contributed by atoms with E-state index in [-0.39, 0.29) is 0 Å². The number of allylic oxidation sites excluding steroid dienone is 4. The van der Waals surface area contributed by atoms with Gasteiger partial charge in [0, 0.05) is 5.57 Å². The molecule has 0 aromatic carbocycles. The highest BCUT2D eigenvalue weighted by molar-refractivity contribution is 5.41. The Morgan fingerprint density at radius 2 is 1.86 bits per heavy atom. The number of fused-ring (bicyclic) bond motifs is 5. The molecule has 0 unspecified atom stereocenters. The van der Waals surface area contributed by atoms with Gasteiger partial charge < -0.3 is 0 Å². The van der Waals surface area contributed by atoms with Crippen LogP contribution in [-0.2, 0) is 0 Å². The summed E-state index contributed by atoms with van der Waals surface area (Å²) in [5, 5.41) is 9.38. The van der Waals surface area contributed by atoms with Gasteiger partial charge in [-0.25, -0.2) is 0 Å². The van der Waals surface area contributed by atoms with Crippen LogP contribution >= 0.6 is 0 Å². The summed E-state index contributed by atoms with van der Waals surface area (Å²) in [5.74, 6) is 5.32. The normalized spacial score (nSPS) is 42.2. The van der Waals surface area contributed by atoms with E-state index in [9.17, 15) is 5.26 Å². The molecule has 2 fully saturated rings. The van der Waals surface area contributed by atoms with Gasteiger partial charge in [-0.05, 0) is 103 Å². The lowest BCUT2D eigenvalue weighted by Gasteiger charge is -2.57. The fourth-order valence-corrected chi connectivity index (χ4v) is 8.44. The van der Waals surface area contributed by atoms with Gasteiger partial charge in [0.1, 0.15) is 0 Å². The van der Waals surface area contributed by atoms with Crippen LogP contribution in [0.25, 0.3) is 0 Å². The molecule has 29 heavy (non-hydrogen) atoms. The number of hydrogen-bond donors (Lipinski definition) is 0. The van der Waals surface area contributed by atoms with Crippen molar-refractivity contribution in [2.75, 3.05) is 0 Å². The molecule has 0 heterocycles. The number of hydrogen-bond acceptors (Lipinski definition) is 1. The second-order valence-corrected chi connectivity index (χ2v) is 12.0. The Balaban J connectivity index is 1.52. The summed E-state index contributed by atoms with van der Waals surface area (Å²) in [6.07, 6.45) is 18.3. The lowest BCUT2D eigenvalue weighted by atomic mass is 9.47. The Bertz CT molecular complexity index is 721. The molecule has 0 saturated heterocycles. The van der Waals surface area contributed by atoms with Gasteiger partial charge >= 0.3 is 0 Å². The molecule has 0 aromatic rings. The standard InChI is InChI=1S/C28H43N/c1-19(2)7-6-8-20(3)24-11-12-25-23-10-9-22-17-21(18-29)13-15-27(22,4)26(23)14-16-28(24,25)5/h9,17,19-20,23-26H,6-8,10-16H2,1-5H3/t20-,23+,24-,25+,26+,27+,28-/m1/s1. The summed E-state index contributed by atoms with van der Waals surface area (Å²) in [5.41, 5.74) is 3.40. The highest BCUT2D eigenvalue weighted by Crippen LogP contribution is 2.67. The smallest absolute Gasteiger partial charge is 0.0947 e. The SMILES string of the molecule is CC(C)CCC[C@@H](C)[C@H]1CC[C@H]2[C@@H]3CC=C4C=C(C#N)CC[C@]4(C)[C@H]3CC[C@]12C. The van der Waals surface area contributed by atoms with E-state index in [4.69, 9.17) is 0 Å². The molecule has 2 saturated carbocycles. The highest BCUT2D eigenvalue weighted by Gasteiger charge is 2.58. The summed E-state index contributed by atoms with van der Waals surface area (Å²) < 4.78 is 0. The van der Waals surface area contributed by atoms with Crippen molar-refractivity contribution in [2.24, 2.45) is 46.3 Å². The summed E-state index contributed by atoms with van der Waals surface area (Å²) in [4.78, 5) is 0. The molecule has 4 aliphatic carbocycles. The van der Waals surface area contributed by atoms with Crippen LogP contribution in [0.1, 0.15) is 98.8 Å². The molecular weight excluding hydrogens is 350 g/mol. The van der Waals surface area contributed by atoms with E-state index in [0.717, 1.165) is 47.5 Å². The number of rotatable bonds is 5. The third kappa shape index (κ3) is 3.54. The Labute approximate surface area is 180 Å². The van der Waals surface area contributed by atoms with Gasteiger partial charge in [0.05, 0.1) is 6.07 Å². The highest BCUT2D eigenvalue weighted by atomic mass is 14.6. The van der Waals surface area contributed by atoms with Crippen molar-refractivity contribution < 1.29 is 0 Å². The van der Waals surface area contributed by atoms with E-state index in [1.807, 2.05) is 0 Å². The molecule has 0 N–H and O–H groups in total. The molecule has 7 atom stereocenters. The first kappa shape index (κ1) is 21.2. The zero-order valence-corrected chi connectivity index (χ0v) is 19.6. The zero-order chi connectivity index (χ0) is 20.8. The topological polar surface area (TPSA) is 23.8 Å². The van der Waals surface area contributed by atoms with Crippen molar-refractivity contribution in [1.29, 1.82) is 5.26 Å². The molecule has 0 amide bonds. The third-order valence-corrected chi connectivity index (χ3v) is 10.1. The molecular formula is C28H43N. The predicted molar refractivity (Wildman–Crippen MR) is 122 cm³/mol. The Morgan fingerprint density at radius 1 is 1.07 bits per heavy atom. The minimum atomic E-state index is 0.325. The van der Waals surface area contributed by atoms with Crippen LogP contribution in [0.4, 0.5) is 0 Å². The maximum Gasteiger partial charge on any atom is 0.0947 e. The number of nitriles is 1. The third-order valence-electron chi connectivity index (χ3n) is 10.1. The summed E-state index contributed by atoms with van der Waals surface area (Å²) in [7, 11) is 0. The summed E-state index contributed by atoms with van der Waals surface area (Å²) >= 11 is 0. The van der Waals surface area contributed by atoms with Crippen LogP contribution in [0, 0.1) is 57.7 Å². The Hall–Kier alpha value is -1.03. The minimum absolute atomic E-state index is 0.325. The van der Waals surface area contributed by atoms with Gasteiger partial charge in [-0.2, -0.15) is 5.26 Å². The van der Waals surface area contributed by atoms with E-state index < -0.39 is 0 Å². The average molecular weight is 394 g/mol. The van der Waals surface area contributed by atoms with E-state index in [2.05, 4.69) is 52.8 Å².